The Bertz CT molecular complexity index is 1250. The molecule has 8 heteroatoms. The highest BCUT2D eigenvalue weighted by atomic mass is 79.9. The van der Waals surface area contributed by atoms with Crippen molar-refractivity contribution in [1.82, 2.24) is 29.3 Å². The Kier molecular flexibility index (Phi) is 4.22. The van der Waals surface area contributed by atoms with Crippen LogP contribution >= 0.6 is 15.9 Å². The van der Waals surface area contributed by atoms with Gasteiger partial charge in [-0.3, -0.25) is 9.78 Å². The maximum Gasteiger partial charge on any atom is 0.293 e. The topological polar surface area (TPSA) is 78.5 Å². The van der Waals surface area contributed by atoms with Crippen LogP contribution in [0, 0.1) is 11.8 Å². The standard InChI is InChI=1S/C18H13BrN6O/c1-2-3-9-24-16-15(23-18(24)19)10-21-25(17(16)26)11-12-6-7-13-14(22-12)5-4-8-20-13/h4-8,10H,9,11H2,1H3. The number of hydrogen-bond acceptors (Lipinski definition) is 5. The van der Waals surface area contributed by atoms with Gasteiger partial charge in [-0.1, -0.05) is 5.92 Å². The van der Waals surface area contributed by atoms with Crippen molar-refractivity contribution in [1.29, 1.82) is 0 Å². The quantitative estimate of drug-likeness (QED) is 0.486. The lowest BCUT2D eigenvalue weighted by molar-refractivity contribution is 0.632. The molecule has 0 bridgehead atoms. The van der Waals surface area contributed by atoms with Crippen LogP contribution in [0.4, 0.5) is 0 Å². The van der Waals surface area contributed by atoms with Crippen molar-refractivity contribution in [2.45, 2.75) is 20.0 Å². The van der Waals surface area contributed by atoms with Gasteiger partial charge in [-0.2, -0.15) is 5.10 Å². The third-order valence-electron chi connectivity index (χ3n) is 3.94. The molecule has 0 aliphatic carbocycles. The molecule has 0 atom stereocenters. The Morgan fingerprint density at radius 2 is 2.04 bits per heavy atom. The third kappa shape index (κ3) is 2.86. The molecule has 0 N–H and O–H groups in total. The van der Waals surface area contributed by atoms with Crippen LogP contribution in [-0.2, 0) is 13.1 Å². The molecule has 0 aliphatic rings. The van der Waals surface area contributed by atoms with Crippen molar-refractivity contribution in [2.75, 3.05) is 0 Å². The molecule has 0 spiro atoms. The number of fused-ring (bicyclic) bond motifs is 2. The summed E-state index contributed by atoms with van der Waals surface area (Å²) in [6.45, 7) is 2.40. The van der Waals surface area contributed by atoms with Crippen LogP contribution in [0.5, 0.6) is 0 Å². The van der Waals surface area contributed by atoms with E-state index in [4.69, 9.17) is 0 Å². The van der Waals surface area contributed by atoms with Gasteiger partial charge in [-0.05, 0) is 47.1 Å². The van der Waals surface area contributed by atoms with Crippen LogP contribution in [0.3, 0.4) is 0 Å². The van der Waals surface area contributed by atoms with Crippen LogP contribution in [0.2, 0.25) is 0 Å². The van der Waals surface area contributed by atoms with Gasteiger partial charge in [-0.25, -0.2) is 14.6 Å². The van der Waals surface area contributed by atoms with E-state index >= 15 is 0 Å². The van der Waals surface area contributed by atoms with Crippen molar-refractivity contribution in [2.24, 2.45) is 0 Å². The number of rotatable bonds is 3. The molecule has 0 unspecified atom stereocenters. The minimum absolute atomic E-state index is 0.230. The van der Waals surface area contributed by atoms with E-state index in [0.29, 0.717) is 22.3 Å². The zero-order valence-corrected chi connectivity index (χ0v) is 15.4. The van der Waals surface area contributed by atoms with Crippen molar-refractivity contribution < 1.29 is 0 Å². The van der Waals surface area contributed by atoms with E-state index in [0.717, 1.165) is 16.7 Å². The molecule has 128 valence electrons. The smallest absolute Gasteiger partial charge is 0.293 e. The minimum atomic E-state index is -0.230. The molecule has 4 rings (SSSR count). The summed E-state index contributed by atoms with van der Waals surface area (Å²) >= 11 is 3.38. The lowest BCUT2D eigenvalue weighted by Gasteiger charge is -2.06. The maximum absolute atomic E-state index is 12.9. The Hall–Kier alpha value is -3.05. The monoisotopic (exact) mass is 408 g/mol. The second kappa shape index (κ2) is 6.69. The van der Waals surface area contributed by atoms with Gasteiger partial charge in [0.1, 0.15) is 11.0 Å². The zero-order valence-electron chi connectivity index (χ0n) is 13.8. The Morgan fingerprint density at radius 3 is 2.88 bits per heavy atom. The molecule has 4 heterocycles. The third-order valence-corrected chi connectivity index (χ3v) is 4.55. The van der Waals surface area contributed by atoms with Crippen LogP contribution < -0.4 is 5.56 Å². The van der Waals surface area contributed by atoms with Gasteiger partial charge in [0.15, 0.2) is 4.73 Å². The van der Waals surface area contributed by atoms with Crippen LogP contribution in [0.1, 0.15) is 12.6 Å². The highest BCUT2D eigenvalue weighted by Crippen LogP contribution is 2.16. The highest BCUT2D eigenvalue weighted by Gasteiger charge is 2.14. The average molecular weight is 409 g/mol. The summed E-state index contributed by atoms with van der Waals surface area (Å²) in [6.07, 6.45) is 3.31. The summed E-state index contributed by atoms with van der Waals surface area (Å²) in [4.78, 5) is 26.1. The van der Waals surface area contributed by atoms with Crippen molar-refractivity contribution in [3.63, 3.8) is 0 Å². The Labute approximate surface area is 156 Å². The first-order valence-electron chi connectivity index (χ1n) is 7.89. The van der Waals surface area contributed by atoms with Gasteiger partial charge in [0, 0.05) is 6.20 Å². The number of imidazole rings is 1. The van der Waals surface area contributed by atoms with E-state index in [1.165, 1.54) is 4.68 Å². The molecule has 0 aliphatic heterocycles. The normalized spacial score (nSPS) is 10.8. The molecular weight excluding hydrogens is 396 g/mol. The summed E-state index contributed by atoms with van der Waals surface area (Å²) in [5.41, 5.74) is 3.10. The van der Waals surface area contributed by atoms with Crippen molar-refractivity contribution in [3.05, 3.63) is 57.4 Å². The molecule has 0 aromatic carbocycles. The van der Waals surface area contributed by atoms with Crippen LogP contribution in [0.15, 0.2) is 46.2 Å². The van der Waals surface area contributed by atoms with Crippen LogP contribution in [-0.4, -0.2) is 29.3 Å². The predicted octanol–water partition coefficient (Wildman–Crippen LogP) is 2.37. The molecule has 26 heavy (non-hydrogen) atoms. The summed E-state index contributed by atoms with van der Waals surface area (Å²) in [5, 5.41) is 4.23. The second-order valence-electron chi connectivity index (χ2n) is 5.58. The fraction of sp³-hybridized carbons (Fsp3) is 0.167. The largest absolute Gasteiger partial charge is 0.302 e. The van der Waals surface area contributed by atoms with Gasteiger partial charge >= 0.3 is 0 Å². The summed E-state index contributed by atoms with van der Waals surface area (Å²) < 4.78 is 3.68. The van der Waals surface area contributed by atoms with Gasteiger partial charge in [0.25, 0.3) is 5.56 Å². The van der Waals surface area contributed by atoms with E-state index in [9.17, 15) is 4.79 Å². The van der Waals surface area contributed by atoms with E-state index in [1.54, 1.807) is 23.9 Å². The first kappa shape index (κ1) is 16.4. The molecule has 0 amide bonds. The van der Waals surface area contributed by atoms with Gasteiger partial charge in [0.05, 0.1) is 36.0 Å². The summed E-state index contributed by atoms with van der Waals surface area (Å²) in [5.74, 6) is 5.78. The number of nitrogens with zero attached hydrogens (tertiary/aromatic N) is 6. The average Bonchev–Trinajstić information content (AvgIpc) is 2.98. The van der Waals surface area contributed by atoms with Crippen molar-refractivity contribution >= 4 is 38.0 Å². The highest BCUT2D eigenvalue weighted by molar-refractivity contribution is 9.10. The number of halogens is 1. The van der Waals surface area contributed by atoms with Gasteiger partial charge < -0.3 is 4.57 Å². The SMILES string of the molecule is CC#CCn1c(Br)nc2cnn(Cc3ccc4ncccc4n3)c(=O)c21. The first-order chi connectivity index (χ1) is 12.7. The number of aromatic nitrogens is 6. The predicted molar refractivity (Wildman–Crippen MR) is 102 cm³/mol. The molecule has 7 nitrogen and oxygen atoms in total. The molecule has 4 aromatic rings. The summed E-state index contributed by atoms with van der Waals surface area (Å²) in [6, 6.07) is 7.46. The zero-order chi connectivity index (χ0) is 18.1. The Balaban J connectivity index is 1.79. The fourth-order valence-electron chi connectivity index (χ4n) is 2.71. The molecule has 0 fully saturated rings. The number of pyridine rings is 2. The maximum atomic E-state index is 12.9. The lowest BCUT2D eigenvalue weighted by Crippen LogP contribution is -2.25. The molecular formula is C18H13BrN6O. The minimum Gasteiger partial charge on any atom is -0.302 e. The lowest BCUT2D eigenvalue weighted by atomic mass is 10.3. The van der Waals surface area contributed by atoms with Gasteiger partial charge in [0.2, 0.25) is 0 Å². The van der Waals surface area contributed by atoms with E-state index in [2.05, 4.69) is 47.8 Å². The second-order valence-corrected chi connectivity index (χ2v) is 6.29. The fourth-order valence-corrected chi connectivity index (χ4v) is 3.21. The van der Waals surface area contributed by atoms with Gasteiger partial charge in [-0.15, -0.1) is 5.92 Å². The molecule has 0 saturated carbocycles. The van der Waals surface area contributed by atoms with E-state index < -0.39 is 0 Å². The first-order valence-corrected chi connectivity index (χ1v) is 8.69. The molecule has 0 saturated heterocycles. The molecule has 0 radical (unpaired) electrons. The number of hydrogen-bond donors (Lipinski definition) is 0. The Morgan fingerprint density at radius 1 is 1.15 bits per heavy atom. The summed E-state index contributed by atoms with van der Waals surface area (Å²) in [7, 11) is 0. The van der Waals surface area contributed by atoms with Crippen LogP contribution in [0.25, 0.3) is 22.1 Å². The van der Waals surface area contributed by atoms with E-state index in [1.807, 2.05) is 24.3 Å². The van der Waals surface area contributed by atoms with E-state index in [-0.39, 0.29) is 12.1 Å². The molecule has 4 aromatic heterocycles. The van der Waals surface area contributed by atoms with Crippen molar-refractivity contribution in [3.8, 4) is 11.8 Å².